The van der Waals surface area contributed by atoms with Gasteiger partial charge in [0.2, 0.25) is 5.91 Å². The van der Waals surface area contributed by atoms with Gasteiger partial charge in [-0.25, -0.2) is 9.78 Å². The lowest BCUT2D eigenvalue weighted by atomic mass is 9.87. The highest BCUT2D eigenvalue weighted by Crippen LogP contribution is 2.31. The van der Waals surface area contributed by atoms with Gasteiger partial charge in [0.1, 0.15) is 6.61 Å². The lowest BCUT2D eigenvalue weighted by Crippen LogP contribution is -2.50. The molecule has 0 radical (unpaired) electrons. The van der Waals surface area contributed by atoms with Crippen LogP contribution in [0.5, 0.6) is 0 Å². The average molecular weight is 603 g/mol. The van der Waals surface area contributed by atoms with Gasteiger partial charge in [-0.1, -0.05) is 43.3 Å². The Labute approximate surface area is 261 Å². The zero-order valence-corrected chi connectivity index (χ0v) is 26.8. The summed E-state index contributed by atoms with van der Waals surface area (Å²) in [5.74, 6) is -0.218. The molecule has 44 heavy (non-hydrogen) atoms. The van der Waals surface area contributed by atoms with Crippen LogP contribution < -0.4 is 5.32 Å². The standard InChI is InChI=1S/C34H46N6O4/c1-7-26-10-12-28(25(4)19-26)29(21-39-15-17-40(18-16-39)34(42)44-24(2)3)33-27(9-8-14-36-33)11-13-30(37-32(41)22-43-6)31-20-35-23-38(31)5/h8-14,19-20,23-24,29-30H,7,15-18,21-22H2,1-6H3,(H,37,41)/b13-11+/t29-,30+/m0/s1. The van der Waals surface area contributed by atoms with Crippen LogP contribution in [0.3, 0.4) is 0 Å². The van der Waals surface area contributed by atoms with Crippen LogP contribution >= 0.6 is 0 Å². The number of nitrogens with zero attached hydrogens (tertiary/aromatic N) is 5. The summed E-state index contributed by atoms with van der Waals surface area (Å²) >= 11 is 0. The van der Waals surface area contributed by atoms with Crippen LogP contribution in [0.15, 0.2) is 55.1 Å². The zero-order chi connectivity index (χ0) is 31.6. The molecule has 1 aliphatic heterocycles. The van der Waals surface area contributed by atoms with Crippen LogP contribution in [0, 0.1) is 6.92 Å². The minimum Gasteiger partial charge on any atom is -0.447 e. The Kier molecular flexibility index (Phi) is 11.7. The van der Waals surface area contributed by atoms with Gasteiger partial charge in [-0.3, -0.25) is 14.7 Å². The highest BCUT2D eigenvalue weighted by Gasteiger charge is 2.28. The van der Waals surface area contributed by atoms with Gasteiger partial charge >= 0.3 is 6.09 Å². The van der Waals surface area contributed by atoms with Crippen molar-refractivity contribution < 1.29 is 19.1 Å². The lowest BCUT2D eigenvalue weighted by molar-refractivity contribution is -0.125. The number of piperazine rings is 1. The zero-order valence-electron chi connectivity index (χ0n) is 26.8. The van der Waals surface area contributed by atoms with Crippen molar-refractivity contribution in [2.24, 2.45) is 7.05 Å². The third-order valence-corrected chi connectivity index (χ3v) is 7.96. The second-order valence-electron chi connectivity index (χ2n) is 11.6. The number of methoxy groups -OCH3 is 1. The number of hydrogen-bond acceptors (Lipinski definition) is 7. The van der Waals surface area contributed by atoms with Crippen LogP contribution in [0.1, 0.15) is 66.4 Å². The summed E-state index contributed by atoms with van der Waals surface area (Å²) < 4.78 is 12.4. The number of benzene rings is 1. The topological polar surface area (TPSA) is 102 Å². The van der Waals surface area contributed by atoms with Crippen molar-refractivity contribution in [3.05, 3.63) is 88.8 Å². The number of rotatable bonds is 12. The van der Waals surface area contributed by atoms with Gasteiger partial charge in [-0.15, -0.1) is 0 Å². The number of carbonyl (C=O) groups is 2. The molecule has 3 heterocycles. The molecule has 1 aromatic carbocycles. The Balaban J connectivity index is 1.65. The van der Waals surface area contributed by atoms with Crippen molar-refractivity contribution >= 4 is 18.1 Å². The van der Waals surface area contributed by atoms with E-state index in [2.05, 4.69) is 53.3 Å². The van der Waals surface area contributed by atoms with E-state index in [9.17, 15) is 9.59 Å². The van der Waals surface area contributed by atoms with E-state index in [1.807, 2.05) is 49.9 Å². The predicted octanol–water partition coefficient (Wildman–Crippen LogP) is 4.50. The van der Waals surface area contributed by atoms with Crippen molar-refractivity contribution in [2.75, 3.05) is 46.4 Å². The summed E-state index contributed by atoms with van der Waals surface area (Å²) in [6.07, 6.45) is 9.92. The van der Waals surface area contributed by atoms with E-state index in [0.717, 1.165) is 43.0 Å². The number of pyridine rings is 1. The van der Waals surface area contributed by atoms with E-state index in [-0.39, 0.29) is 30.6 Å². The van der Waals surface area contributed by atoms with Crippen LogP contribution in [0.25, 0.3) is 6.08 Å². The first-order valence-corrected chi connectivity index (χ1v) is 15.3. The number of ether oxygens (including phenoxy) is 2. The molecule has 0 saturated carbocycles. The van der Waals surface area contributed by atoms with Crippen molar-refractivity contribution in [1.82, 2.24) is 29.7 Å². The number of amides is 2. The minimum atomic E-state index is -0.402. The molecule has 0 aliphatic carbocycles. The molecule has 10 heteroatoms. The van der Waals surface area contributed by atoms with E-state index in [0.29, 0.717) is 13.1 Å². The van der Waals surface area contributed by atoms with Crippen LogP contribution in [0.2, 0.25) is 0 Å². The van der Waals surface area contributed by atoms with Gasteiger partial charge in [0.05, 0.1) is 36.1 Å². The largest absolute Gasteiger partial charge is 0.447 e. The summed E-state index contributed by atoms with van der Waals surface area (Å²) in [5.41, 5.74) is 6.55. The normalized spacial score (nSPS) is 15.5. The molecule has 0 spiro atoms. The second-order valence-corrected chi connectivity index (χ2v) is 11.6. The lowest BCUT2D eigenvalue weighted by Gasteiger charge is -2.36. The van der Waals surface area contributed by atoms with Gasteiger partial charge in [0.15, 0.2) is 0 Å². The summed E-state index contributed by atoms with van der Waals surface area (Å²) in [7, 11) is 3.41. The fraction of sp³-hybridized carbons (Fsp3) is 0.471. The van der Waals surface area contributed by atoms with Crippen molar-refractivity contribution in [3.8, 4) is 0 Å². The van der Waals surface area contributed by atoms with Gasteiger partial charge in [0.25, 0.3) is 0 Å². The summed E-state index contributed by atoms with van der Waals surface area (Å²) in [6, 6.07) is 10.3. The Morgan fingerprint density at radius 2 is 1.91 bits per heavy atom. The Morgan fingerprint density at radius 1 is 1.14 bits per heavy atom. The summed E-state index contributed by atoms with van der Waals surface area (Å²) in [5, 5.41) is 3.04. The number of aromatic nitrogens is 3. The maximum Gasteiger partial charge on any atom is 0.410 e. The first-order chi connectivity index (χ1) is 21.2. The van der Waals surface area contributed by atoms with Crippen molar-refractivity contribution in [2.45, 2.75) is 52.2 Å². The quantitative estimate of drug-likeness (QED) is 0.326. The molecule has 1 aliphatic rings. The molecule has 3 aromatic rings. The molecule has 10 nitrogen and oxygen atoms in total. The second kappa shape index (κ2) is 15.6. The third-order valence-electron chi connectivity index (χ3n) is 7.96. The molecule has 4 rings (SSSR count). The summed E-state index contributed by atoms with van der Waals surface area (Å²) in [6.45, 7) is 11.6. The number of imidazole rings is 1. The molecule has 236 valence electrons. The molecule has 1 fully saturated rings. The van der Waals surface area contributed by atoms with Crippen LogP contribution in [0.4, 0.5) is 4.79 Å². The Hall–Kier alpha value is -4.02. The molecule has 1 saturated heterocycles. The highest BCUT2D eigenvalue weighted by molar-refractivity contribution is 5.78. The third kappa shape index (κ3) is 8.54. The highest BCUT2D eigenvalue weighted by atomic mass is 16.6. The molecular formula is C34H46N6O4. The van der Waals surface area contributed by atoms with E-state index in [1.54, 1.807) is 17.4 Å². The van der Waals surface area contributed by atoms with Gasteiger partial charge in [-0.2, -0.15) is 0 Å². The Bertz CT molecular complexity index is 1430. The smallest absolute Gasteiger partial charge is 0.410 e. The number of aryl methyl sites for hydroxylation is 3. The Morgan fingerprint density at radius 3 is 2.55 bits per heavy atom. The SMILES string of the molecule is CCc1ccc([C@H](CN2CCN(C(=O)OC(C)C)CC2)c2ncccc2/C=C/[C@@H](NC(=O)COC)c2cncn2C)c(C)c1. The van der Waals surface area contributed by atoms with Gasteiger partial charge in [-0.05, 0) is 55.5 Å². The van der Waals surface area contributed by atoms with E-state index in [4.69, 9.17) is 14.5 Å². The fourth-order valence-electron chi connectivity index (χ4n) is 5.62. The summed E-state index contributed by atoms with van der Waals surface area (Å²) in [4.78, 5) is 38.4. The molecule has 2 atom stereocenters. The van der Waals surface area contributed by atoms with Crippen LogP contribution in [-0.4, -0.2) is 88.9 Å². The molecule has 2 aromatic heterocycles. The fourth-order valence-corrected chi connectivity index (χ4v) is 5.62. The average Bonchev–Trinajstić information content (AvgIpc) is 3.44. The van der Waals surface area contributed by atoms with E-state index >= 15 is 0 Å². The van der Waals surface area contributed by atoms with Crippen molar-refractivity contribution in [3.63, 3.8) is 0 Å². The number of hydrogen-bond donors (Lipinski definition) is 1. The number of carbonyl (C=O) groups excluding carboxylic acids is 2. The molecule has 0 unspecified atom stereocenters. The monoisotopic (exact) mass is 602 g/mol. The van der Waals surface area contributed by atoms with E-state index in [1.165, 1.54) is 23.8 Å². The van der Waals surface area contributed by atoms with Gasteiger partial charge < -0.3 is 24.3 Å². The first-order valence-electron chi connectivity index (χ1n) is 15.3. The maximum absolute atomic E-state index is 12.5. The maximum atomic E-state index is 12.5. The number of nitrogens with one attached hydrogen (secondary N) is 1. The minimum absolute atomic E-state index is 0.00541. The molecular weight excluding hydrogens is 556 g/mol. The molecule has 0 bridgehead atoms. The van der Waals surface area contributed by atoms with Crippen molar-refractivity contribution in [1.29, 1.82) is 0 Å². The van der Waals surface area contributed by atoms with Gasteiger partial charge in [0, 0.05) is 59.0 Å². The predicted molar refractivity (Wildman–Crippen MR) is 171 cm³/mol. The molecule has 1 N–H and O–H groups in total. The van der Waals surface area contributed by atoms with E-state index < -0.39 is 6.04 Å². The first kappa shape index (κ1) is 32.9. The molecule has 2 amide bonds. The van der Waals surface area contributed by atoms with Crippen LogP contribution in [-0.2, 0) is 27.7 Å².